The third-order valence-electron chi connectivity index (χ3n) is 4.47. The molecule has 2 rings (SSSR count). The number of nitrogens with zero attached hydrogens (tertiary/aromatic N) is 1. The van der Waals surface area contributed by atoms with Gasteiger partial charge in [-0.05, 0) is 37.1 Å². The number of piperidine rings is 1. The molecule has 3 amide bonds. The number of benzene rings is 1. The molecule has 136 valence electrons. The molecule has 1 aliphatic rings. The van der Waals surface area contributed by atoms with Crippen molar-refractivity contribution in [2.45, 2.75) is 33.6 Å². The summed E-state index contributed by atoms with van der Waals surface area (Å²) in [6.45, 7) is 6.72. The number of amides is 3. The van der Waals surface area contributed by atoms with Gasteiger partial charge in [-0.3, -0.25) is 14.4 Å². The lowest BCUT2D eigenvalue weighted by atomic mass is 9.95. The van der Waals surface area contributed by atoms with Crippen molar-refractivity contribution >= 4 is 23.4 Å². The second kappa shape index (κ2) is 7.68. The Morgan fingerprint density at radius 1 is 1.04 bits per heavy atom. The number of anilines is 1. The molecule has 25 heavy (non-hydrogen) atoms. The summed E-state index contributed by atoms with van der Waals surface area (Å²) in [6, 6.07) is 6.94. The molecule has 1 aliphatic heterocycles. The summed E-state index contributed by atoms with van der Waals surface area (Å²) in [5.41, 5.74) is 0.797. The molecule has 0 aliphatic carbocycles. The Balaban J connectivity index is 1.95. The van der Waals surface area contributed by atoms with Crippen LogP contribution in [-0.2, 0) is 9.59 Å². The zero-order chi connectivity index (χ0) is 18.6. The van der Waals surface area contributed by atoms with Crippen LogP contribution >= 0.6 is 0 Å². The van der Waals surface area contributed by atoms with Crippen LogP contribution in [0, 0.1) is 11.3 Å². The predicted octanol–water partition coefficient (Wildman–Crippen LogP) is 2.27. The number of rotatable bonds is 3. The maximum absolute atomic E-state index is 12.6. The largest absolute Gasteiger partial charge is 0.359 e. The van der Waals surface area contributed by atoms with Gasteiger partial charge in [0.2, 0.25) is 11.8 Å². The Hall–Kier alpha value is -2.37. The number of nitrogens with one attached hydrogen (secondary N) is 2. The van der Waals surface area contributed by atoms with Crippen LogP contribution in [0.2, 0.25) is 0 Å². The molecular formula is C19H27N3O3. The molecule has 1 heterocycles. The fourth-order valence-electron chi connectivity index (χ4n) is 2.75. The standard InChI is InChI=1S/C19H27N3O3/c1-19(2,3)18(25)21-15-7-5-14(6-8-15)17(24)22-11-9-13(10-12-22)16(23)20-4/h5-8,13H,9-12H2,1-4H3,(H,20,23)(H,21,25). The average molecular weight is 345 g/mol. The molecular weight excluding hydrogens is 318 g/mol. The highest BCUT2D eigenvalue weighted by atomic mass is 16.2. The minimum absolute atomic E-state index is 0.0102. The van der Waals surface area contributed by atoms with Crippen molar-refractivity contribution in [3.63, 3.8) is 0 Å². The molecule has 6 heteroatoms. The van der Waals surface area contributed by atoms with Gasteiger partial charge in [-0.2, -0.15) is 0 Å². The van der Waals surface area contributed by atoms with E-state index in [1.54, 1.807) is 36.2 Å². The number of carbonyl (C=O) groups excluding carboxylic acids is 3. The quantitative estimate of drug-likeness (QED) is 0.882. The Morgan fingerprint density at radius 2 is 1.60 bits per heavy atom. The number of likely N-dealkylation sites (tertiary alicyclic amines) is 1. The molecule has 6 nitrogen and oxygen atoms in total. The highest BCUT2D eigenvalue weighted by Crippen LogP contribution is 2.21. The van der Waals surface area contributed by atoms with Crippen molar-refractivity contribution in [3.05, 3.63) is 29.8 Å². The van der Waals surface area contributed by atoms with Gasteiger partial charge in [0.05, 0.1) is 0 Å². The molecule has 0 aromatic heterocycles. The van der Waals surface area contributed by atoms with Crippen LogP contribution < -0.4 is 10.6 Å². The van der Waals surface area contributed by atoms with E-state index in [9.17, 15) is 14.4 Å². The van der Waals surface area contributed by atoms with Crippen LogP contribution in [0.3, 0.4) is 0 Å². The summed E-state index contributed by atoms with van der Waals surface area (Å²) in [5, 5.41) is 5.51. The number of carbonyl (C=O) groups is 3. The summed E-state index contributed by atoms with van der Waals surface area (Å²) in [7, 11) is 1.64. The average Bonchev–Trinajstić information content (AvgIpc) is 2.60. The van der Waals surface area contributed by atoms with Crippen molar-refractivity contribution in [3.8, 4) is 0 Å². The van der Waals surface area contributed by atoms with Crippen molar-refractivity contribution in [2.24, 2.45) is 11.3 Å². The molecule has 0 saturated carbocycles. The Bertz CT molecular complexity index is 639. The van der Waals surface area contributed by atoms with Gasteiger partial charge >= 0.3 is 0 Å². The molecule has 0 unspecified atom stereocenters. The van der Waals surface area contributed by atoms with E-state index in [0.717, 1.165) is 0 Å². The fourth-order valence-corrected chi connectivity index (χ4v) is 2.75. The highest BCUT2D eigenvalue weighted by Gasteiger charge is 2.27. The van der Waals surface area contributed by atoms with Gasteiger partial charge < -0.3 is 15.5 Å². The van der Waals surface area contributed by atoms with E-state index in [-0.39, 0.29) is 23.6 Å². The van der Waals surface area contributed by atoms with Crippen LogP contribution in [0.1, 0.15) is 44.0 Å². The first-order valence-corrected chi connectivity index (χ1v) is 8.64. The van der Waals surface area contributed by atoms with E-state index in [2.05, 4.69) is 10.6 Å². The number of hydrogen-bond donors (Lipinski definition) is 2. The van der Waals surface area contributed by atoms with Gasteiger partial charge in [0, 0.05) is 42.7 Å². The molecule has 0 spiro atoms. The van der Waals surface area contributed by atoms with E-state index in [0.29, 0.717) is 37.2 Å². The maximum Gasteiger partial charge on any atom is 0.253 e. The smallest absolute Gasteiger partial charge is 0.253 e. The SMILES string of the molecule is CNC(=O)C1CCN(C(=O)c2ccc(NC(=O)C(C)(C)C)cc2)CC1. The predicted molar refractivity (Wildman–Crippen MR) is 97.2 cm³/mol. The van der Waals surface area contributed by atoms with Crippen LogP contribution in [-0.4, -0.2) is 42.8 Å². The first-order chi connectivity index (χ1) is 11.7. The molecule has 0 bridgehead atoms. The van der Waals surface area contributed by atoms with Crippen LogP contribution in [0.15, 0.2) is 24.3 Å². The third kappa shape index (κ3) is 4.81. The monoisotopic (exact) mass is 345 g/mol. The highest BCUT2D eigenvalue weighted by molar-refractivity contribution is 5.97. The Morgan fingerprint density at radius 3 is 2.08 bits per heavy atom. The summed E-state index contributed by atoms with van der Waals surface area (Å²) in [6.07, 6.45) is 1.37. The van der Waals surface area contributed by atoms with Crippen molar-refractivity contribution in [2.75, 3.05) is 25.5 Å². The molecule has 1 aromatic rings. The van der Waals surface area contributed by atoms with Crippen LogP contribution in [0.25, 0.3) is 0 Å². The van der Waals surface area contributed by atoms with E-state index in [4.69, 9.17) is 0 Å². The summed E-state index contributed by atoms with van der Waals surface area (Å²) in [5.74, 6) is -0.0676. The van der Waals surface area contributed by atoms with Crippen LogP contribution in [0.5, 0.6) is 0 Å². The fraction of sp³-hybridized carbons (Fsp3) is 0.526. The van der Waals surface area contributed by atoms with E-state index < -0.39 is 5.41 Å². The first kappa shape index (κ1) is 19.0. The van der Waals surface area contributed by atoms with Gasteiger partial charge in [-0.1, -0.05) is 20.8 Å². The second-order valence-electron chi connectivity index (χ2n) is 7.46. The minimum Gasteiger partial charge on any atom is -0.359 e. The molecule has 1 fully saturated rings. The molecule has 0 atom stereocenters. The van der Waals surface area contributed by atoms with Gasteiger partial charge in [0.15, 0.2) is 0 Å². The van der Waals surface area contributed by atoms with Gasteiger partial charge in [-0.25, -0.2) is 0 Å². The maximum atomic E-state index is 12.6. The summed E-state index contributed by atoms with van der Waals surface area (Å²) >= 11 is 0. The van der Waals surface area contributed by atoms with Crippen molar-refractivity contribution < 1.29 is 14.4 Å². The van der Waals surface area contributed by atoms with Crippen molar-refractivity contribution in [1.29, 1.82) is 0 Å². The van der Waals surface area contributed by atoms with Gasteiger partial charge in [0.1, 0.15) is 0 Å². The molecule has 1 saturated heterocycles. The Kier molecular flexibility index (Phi) is 5.82. The molecule has 0 radical (unpaired) electrons. The molecule has 2 N–H and O–H groups in total. The van der Waals surface area contributed by atoms with Crippen LogP contribution in [0.4, 0.5) is 5.69 Å². The van der Waals surface area contributed by atoms with E-state index in [1.165, 1.54) is 0 Å². The third-order valence-corrected chi connectivity index (χ3v) is 4.47. The normalized spacial score (nSPS) is 15.6. The van der Waals surface area contributed by atoms with E-state index >= 15 is 0 Å². The van der Waals surface area contributed by atoms with Gasteiger partial charge in [0.25, 0.3) is 5.91 Å². The zero-order valence-electron chi connectivity index (χ0n) is 15.4. The summed E-state index contributed by atoms with van der Waals surface area (Å²) in [4.78, 5) is 38.0. The molecule has 1 aromatic carbocycles. The zero-order valence-corrected chi connectivity index (χ0v) is 15.4. The second-order valence-corrected chi connectivity index (χ2v) is 7.46. The first-order valence-electron chi connectivity index (χ1n) is 8.64. The Labute approximate surface area is 149 Å². The van der Waals surface area contributed by atoms with Gasteiger partial charge in [-0.15, -0.1) is 0 Å². The lowest BCUT2D eigenvalue weighted by Gasteiger charge is -2.31. The number of hydrogen-bond acceptors (Lipinski definition) is 3. The minimum atomic E-state index is -0.469. The van der Waals surface area contributed by atoms with E-state index in [1.807, 2.05) is 20.8 Å². The van der Waals surface area contributed by atoms with Crippen molar-refractivity contribution in [1.82, 2.24) is 10.2 Å². The lowest BCUT2D eigenvalue weighted by Crippen LogP contribution is -2.42. The summed E-state index contributed by atoms with van der Waals surface area (Å²) < 4.78 is 0. The topological polar surface area (TPSA) is 78.5 Å². The lowest BCUT2D eigenvalue weighted by molar-refractivity contribution is -0.125.